The van der Waals surface area contributed by atoms with E-state index in [1.807, 2.05) is 12.3 Å². The Kier molecular flexibility index (Phi) is 8.60. The first-order valence-electron chi connectivity index (χ1n) is 20.3. The van der Waals surface area contributed by atoms with Crippen LogP contribution in [-0.2, 0) is 30.9 Å². The van der Waals surface area contributed by atoms with Crippen molar-refractivity contribution in [1.29, 1.82) is 0 Å². The van der Waals surface area contributed by atoms with Gasteiger partial charge in [0.2, 0.25) is 0 Å². The number of hydrogen-bond acceptors (Lipinski definition) is 5. The Morgan fingerprint density at radius 1 is 0.736 bits per heavy atom. The van der Waals surface area contributed by atoms with Crippen LogP contribution in [0, 0.1) is 39.7 Å². The predicted molar refractivity (Wildman–Crippen MR) is 219 cm³/mol. The zero-order valence-electron chi connectivity index (χ0n) is 37.2. The number of nitrogens with zero attached hydrogens (tertiary/aromatic N) is 3. The third-order valence-corrected chi connectivity index (χ3v) is 10.6. The number of benzene rings is 4. The molecular weight excluding hydrogens is 847 g/mol. The number of furan rings is 1. The van der Waals surface area contributed by atoms with Crippen molar-refractivity contribution in [3.05, 3.63) is 136 Å². The van der Waals surface area contributed by atoms with Crippen molar-refractivity contribution < 1.29 is 32.7 Å². The van der Waals surface area contributed by atoms with E-state index in [1.54, 1.807) is 23.5 Å². The van der Waals surface area contributed by atoms with Crippen LogP contribution in [0.25, 0.3) is 65.8 Å². The average molecular weight is 898 g/mol. The molecule has 0 spiro atoms. The van der Waals surface area contributed by atoms with Gasteiger partial charge in [0.25, 0.3) is 0 Å². The van der Waals surface area contributed by atoms with Crippen LogP contribution >= 0.6 is 11.3 Å². The van der Waals surface area contributed by atoms with Gasteiger partial charge in [-0.3, -0.25) is 0 Å². The Labute approximate surface area is 339 Å². The van der Waals surface area contributed by atoms with Crippen LogP contribution < -0.4 is 0 Å². The second-order valence-electron chi connectivity index (χ2n) is 15.3. The van der Waals surface area contributed by atoms with Crippen LogP contribution in [0.5, 0.6) is 0 Å². The van der Waals surface area contributed by atoms with Crippen LogP contribution in [0.4, 0.5) is 0 Å². The summed E-state index contributed by atoms with van der Waals surface area (Å²) >= 11 is 1.74. The van der Waals surface area contributed by atoms with Crippen molar-refractivity contribution in [2.75, 3.05) is 0 Å². The van der Waals surface area contributed by atoms with Crippen molar-refractivity contribution in [1.82, 2.24) is 15.0 Å². The minimum absolute atomic E-state index is 0. The molecule has 4 heterocycles. The summed E-state index contributed by atoms with van der Waals surface area (Å²) in [4.78, 5) is 14.1. The summed E-state index contributed by atoms with van der Waals surface area (Å²) in [5, 5.41) is 3.26. The Morgan fingerprint density at radius 3 is 2.09 bits per heavy atom. The molecule has 0 N–H and O–H groups in total. The van der Waals surface area contributed by atoms with E-state index in [0.29, 0.717) is 11.3 Å². The van der Waals surface area contributed by atoms with E-state index in [9.17, 15) is 0 Å². The molecule has 0 aliphatic heterocycles. The summed E-state index contributed by atoms with van der Waals surface area (Å²) in [7, 11) is 0. The van der Waals surface area contributed by atoms with Gasteiger partial charge < -0.3 is 14.4 Å². The first kappa shape index (κ1) is 30.9. The molecule has 0 atom stereocenters. The molecule has 4 nitrogen and oxygen atoms in total. The van der Waals surface area contributed by atoms with Gasteiger partial charge in [0.05, 0.1) is 15.3 Å². The molecule has 0 fully saturated rings. The molecule has 0 saturated carbocycles. The third-order valence-electron chi connectivity index (χ3n) is 9.17. The van der Waals surface area contributed by atoms with Crippen molar-refractivity contribution in [2.24, 2.45) is 0 Å². The van der Waals surface area contributed by atoms with Crippen LogP contribution in [0.15, 0.2) is 95.7 Å². The Bertz CT molecular complexity index is 2720. The smallest absolute Gasteiger partial charge is 0.148 e. The molecule has 0 bridgehead atoms. The van der Waals surface area contributed by atoms with E-state index >= 15 is 0 Å². The molecule has 0 aliphatic carbocycles. The van der Waals surface area contributed by atoms with E-state index in [-0.39, 0.29) is 42.1 Å². The molecule has 4 aromatic carbocycles. The van der Waals surface area contributed by atoms with Gasteiger partial charge in [-0.1, -0.05) is 102 Å². The van der Waals surface area contributed by atoms with Crippen LogP contribution in [0.1, 0.15) is 82.6 Å². The molecule has 1 radical (unpaired) electrons. The van der Waals surface area contributed by atoms with Gasteiger partial charge in [-0.25, -0.2) is 4.98 Å². The topological polar surface area (TPSA) is 51.8 Å². The van der Waals surface area contributed by atoms with Gasteiger partial charge in [0, 0.05) is 51.5 Å². The summed E-state index contributed by atoms with van der Waals surface area (Å²) in [5.74, 6) is 0. The maximum absolute atomic E-state index is 7.28. The first-order valence-corrected chi connectivity index (χ1v) is 18.2. The fourth-order valence-corrected chi connectivity index (χ4v) is 7.50. The molecule has 0 unspecified atom stereocenters. The van der Waals surface area contributed by atoms with Gasteiger partial charge in [-0.2, -0.15) is 0 Å². The zero-order chi connectivity index (χ0) is 41.9. The normalized spacial score (nSPS) is 14.0. The quantitative estimate of drug-likeness (QED) is 0.166. The van der Waals surface area contributed by atoms with Crippen molar-refractivity contribution >= 4 is 43.5 Å². The first-order chi connectivity index (χ1) is 27.1. The van der Waals surface area contributed by atoms with Crippen molar-refractivity contribution in [2.45, 2.75) is 79.9 Å². The monoisotopic (exact) mass is 898 g/mol. The number of aromatic nitrogens is 3. The van der Waals surface area contributed by atoms with Gasteiger partial charge in [0.1, 0.15) is 11.1 Å². The van der Waals surface area contributed by atoms with Gasteiger partial charge in [-0.05, 0) is 76.9 Å². The fraction of sp³-hybridized carbons (Fsp3) is 0.255. The molecule has 0 saturated heterocycles. The summed E-state index contributed by atoms with van der Waals surface area (Å²) in [6, 6.07) is 31.0. The summed E-state index contributed by atoms with van der Waals surface area (Å²) in [6.07, 6.45) is 3.34. The van der Waals surface area contributed by atoms with Gasteiger partial charge >= 0.3 is 0 Å². The van der Waals surface area contributed by atoms with E-state index in [2.05, 4.69) is 115 Å². The molecule has 53 heavy (non-hydrogen) atoms. The Morgan fingerprint density at radius 2 is 1.45 bits per heavy atom. The molecule has 4 aromatic heterocycles. The molecule has 8 rings (SSSR count). The number of thiazole rings is 1. The SMILES string of the molecule is Cc1cccc(C)c1-c1cc(-c2[c-]ccc3c2oc2c3ccc3sc(C(C)(C)C)nc32)ncc1C(C)(C)C.[2H]C([2H])([2H])c1c[c-]c(-c2ccc(C([2H])([2H])[2H])cn2)cc1.[Ir]. The fourth-order valence-electron chi connectivity index (χ4n) is 6.47. The van der Waals surface area contributed by atoms with Crippen LogP contribution in [-0.4, -0.2) is 15.0 Å². The Balaban J connectivity index is 0.000000236. The maximum Gasteiger partial charge on any atom is 0.148 e. The minimum Gasteiger partial charge on any atom is -0.498 e. The second kappa shape index (κ2) is 14.7. The predicted octanol–water partition coefficient (Wildman–Crippen LogP) is 13.1. The number of fused-ring (bicyclic) bond motifs is 5. The number of aryl methyl sites for hydroxylation is 4. The van der Waals surface area contributed by atoms with Crippen molar-refractivity contribution in [3.63, 3.8) is 0 Å². The van der Waals surface area contributed by atoms with Crippen LogP contribution in [0.3, 0.4) is 0 Å². The summed E-state index contributed by atoms with van der Waals surface area (Å²) in [5.41, 5.74) is 12.1. The minimum atomic E-state index is -2.18. The van der Waals surface area contributed by atoms with Crippen molar-refractivity contribution in [3.8, 4) is 33.6 Å². The van der Waals surface area contributed by atoms with E-state index in [1.165, 1.54) is 52.2 Å². The molecule has 0 amide bonds. The van der Waals surface area contributed by atoms with E-state index in [4.69, 9.17) is 22.6 Å². The summed E-state index contributed by atoms with van der Waals surface area (Å²) in [6.45, 7) is 13.4. The standard InChI is InChI=1S/C34H33N2OS.C13H12N.Ir/c1-19-11-9-12-20(2)28(19)24-17-26(35-18-25(24)33(3,4)5)23-14-10-13-21-22-15-16-27-29(31(22)37-30(21)23)36-32(38-27)34(6,7)8;1-10-3-6-12(7-4-10)13-8-5-11(2)9-14-13;/h9-13,15-18H,1-8H3;3-6,8-9H,1-2H3;/q2*-1;/i;1D3,2D3;. The molecule has 6 heteroatoms. The number of hydrogen-bond donors (Lipinski definition) is 0. The number of pyridine rings is 2. The molecular formula is C47H45IrN3OS-2. The second-order valence-corrected chi connectivity index (χ2v) is 16.3. The third kappa shape index (κ3) is 7.64. The zero-order valence-corrected chi connectivity index (χ0v) is 34.4. The largest absolute Gasteiger partial charge is 0.498 e. The van der Waals surface area contributed by atoms with E-state index < -0.39 is 13.7 Å². The summed E-state index contributed by atoms with van der Waals surface area (Å²) < 4.78 is 51.4. The number of rotatable bonds is 3. The maximum atomic E-state index is 7.28. The molecule has 0 aliphatic rings. The van der Waals surface area contributed by atoms with E-state index in [0.717, 1.165) is 48.4 Å². The average Bonchev–Trinajstić information content (AvgIpc) is 3.77. The van der Waals surface area contributed by atoms with Crippen LogP contribution in [0.2, 0.25) is 0 Å². The Hall–Kier alpha value is -4.48. The van der Waals surface area contributed by atoms with Gasteiger partial charge in [0.15, 0.2) is 0 Å². The molecule has 271 valence electrons. The van der Waals surface area contributed by atoms with Gasteiger partial charge in [-0.15, -0.1) is 64.9 Å². The molecule has 8 aromatic rings.